The molecule has 1 unspecified atom stereocenters. The van der Waals surface area contributed by atoms with Crippen LogP contribution in [-0.2, 0) is 11.3 Å². The Morgan fingerprint density at radius 1 is 1.42 bits per heavy atom. The molecule has 0 fully saturated rings. The van der Waals surface area contributed by atoms with Crippen molar-refractivity contribution in [2.75, 3.05) is 13.1 Å². The lowest BCUT2D eigenvalue weighted by Crippen LogP contribution is -2.32. The Bertz CT molecular complexity index is 348. The normalized spacial score (nSPS) is 12.8. The third-order valence-corrected chi connectivity index (χ3v) is 3.24. The zero-order chi connectivity index (χ0) is 14.1. The van der Waals surface area contributed by atoms with Gasteiger partial charge < -0.3 is 9.52 Å². The zero-order valence-electron chi connectivity index (χ0n) is 12.0. The average molecular weight is 267 g/mol. The Morgan fingerprint density at radius 3 is 2.79 bits per heavy atom. The fourth-order valence-electron chi connectivity index (χ4n) is 2.09. The molecule has 0 bridgehead atoms. The van der Waals surface area contributed by atoms with Crippen LogP contribution in [0.25, 0.3) is 0 Å². The van der Waals surface area contributed by atoms with Gasteiger partial charge in [-0.05, 0) is 25.1 Å². The van der Waals surface area contributed by atoms with Gasteiger partial charge in [0.15, 0.2) is 0 Å². The van der Waals surface area contributed by atoms with Crippen molar-refractivity contribution in [1.82, 2.24) is 4.90 Å². The number of carboxylic acid groups (broad SMARTS) is 1. The second-order valence-corrected chi connectivity index (χ2v) is 5.11. The highest BCUT2D eigenvalue weighted by Crippen LogP contribution is 2.10. The molecule has 0 radical (unpaired) electrons. The molecule has 0 aliphatic heterocycles. The summed E-state index contributed by atoms with van der Waals surface area (Å²) in [5, 5.41) is 9.02. The molecule has 4 heteroatoms. The van der Waals surface area contributed by atoms with Gasteiger partial charge in [-0.1, -0.05) is 33.1 Å². The molecule has 0 saturated carbocycles. The number of unbranched alkanes of at least 4 members (excludes halogenated alkanes) is 3. The van der Waals surface area contributed by atoms with E-state index in [0.717, 1.165) is 18.7 Å². The monoisotopic (exact) mass is 267 g/mol. The lowest BCUT2D eigenvalue weighted by Gasteiger charge is -2.23. The van der Waals surface area contributed by atoms with Crippen molar-refractivity contribution >= 4 is 5.97 Å². The number of aliphatic carboxylic acids is 1. The van der Waals surface area contributed by atoms with E-state index in [2.05, 4.69) is 11.8 Å². The Balaban J connectivity index is 2.44. The number of carboxylic acids is 1. The largest absolute Gasteiger partial charge is 0.481 e. The van der Waals surface area contributed by atoms with Gasteiger partial charge in [0.25, 0.3) is 0 Å². The van der Waals surface area contributed by atoms with Crippen LogP contribution in [0.15, 0.2) is 22.8 Å². The molecule has 1 atom stereocenters. The molecule has 0 aromatic carbocycles. The summed E-state index contributed by atoms with van der Waals surface area (Å²) in [7, 11) is 0. The van der Waals surface area contributed by atoms with Crippen LogP contribution in [0.1, 0.15) is 45.3 Å². The molecule has 0 amide bonds. The topological polar surface area (TPSA) is 53.7 Å². The first-order chi connectivity index (χ1) is 9.13. The van der Waals surface area contributed by atoms with Gasteiger partial charge in [0, 0.05) is 6.54 Å². The molecule has 1 heterocycles. The molecular weight excluding hydrogens is 242 g/mol. The van der Waals surface area contributed by atoms with Gasteiger partial charge in [-0.3, -0.25) is 9.69 Å². The molecule has 1 N–H and O–H groups in total. The van der Waals surface area contributed by atoms with Crippen LogP contribution in [0.4, 0.5) is 0 Å². The Labute approximate surface area is 115 Å². The number of hydrogen-bond acceptors (Lipinski definition) is 3. The number of furan rings is 1. The molecule has 0 aliphatic rings. The third kappa shape index (κ3) is 6.43. The van der Waals surface area contributed by atoms with Crippen molar-refractivity contribution < 1.29 is 14.3 Å². The highest BCUT2D eigenvalue weighted by atomic mass is 16.4. The van der Waals surface area contributed by atoms with Crippen LogP contribution in [0.2, 0.25) is 0 Å². The summed E-state index contributed by atoms with van der Waals surface area (Å²) >= 11 is 0. The van der Waals surface area contributed by atoms with Gasteiger partial charge in [-0.2, -0.15) is 0 Å². The predicted molar refractivity (Wildman–Crippen MR) is 74.9 cm³/mol. The van der Waals surface area contributed by atoms with Gasteiger partial charge >= 0.3 is 5.97 Å². The van der Waals surface area contributed by atoms with E-state index in [9.17, 15) is 4.79 Å². The van der Waals surface area contributed by atoms with Crippen LogP contribution in [0.3, 0.4) is 0 Å². The Hall–Kier alpha value is -1.29. The van der Waals surface area contributed by atoms with E-state index in [4.69, 9.17) is 9.52 Å². The van der Waals surface area contributed by atoms with Gasteiger partial charge in [0.1, 0.15) is 5.76 Å². The molecule has 1 rings (SSSR count). The van der Waals surface area contributed by atoms with Crippen molar-refractivity contribution in [1.29, 1.82) is 0 Å². The third-order valence-electron chi connectivity index (χ3n) is 3.24. The maximum Gasteiger partial charge on any atom is 0.307 e. The lowest BCUT2D eigenvalue weighted by molar-refractivity contribution is -0.141. The van der Waals surface area contributed by atoms with Gasteiger partial charge in [-0.25, -0.2) is 0 Å². The number of carbonyl (C=O) groups is 1. The Kier molecular flexibility index (Phi) is 7.26. The molecule has 0 saturated heterocycles. The van der Waals surface area contributed by atoms with Crippen molar-refractivity contribution in [3.05, 3.63) is 24.2 Å². The van der Waals surface area contributed by atoms with Crippen molar-refractivity contribution in [2.45, 2.75) is 46.1 Å². The average Bonchev–Trinajstić information content (AvgIpc) is 2.87. The lowest BCUT2D eigenvalue weighted by atomic mass is 10.1. The fraction of sp³-hybridized carbons (Fsp3) is 0.667. The van der Waals surface area contributed by atoms with Crippen molar-refractivity contribution in [2.24, 2.45) is 5.92 Å². The second-order valence-electron chi connectivity index (χ2n) is 5.11. The zero-order valence-corrected chi connectivity index (χ0v) is 12.0. The molecular formula is C15H25NO3. The first-order valence-electron chi connectivity index (χ1n) is 7.11. The summed E-state index contributed by atoms with van der Waals surface area (Å²) < 4.78 is 5.34. The molecule has 108 valence electrons. The van der Waals surface area contributed by atoms with Crippen molar-refractivity contribution in [3.8, 4) is 0 Å². The molecule has 0 spiro atoms. The maximum absolute atomic E-state index is 11.0. The van der Waals surface area contributed by atoms with E-state index >= 15 is 0 Å². The number of hydrogen-bond donors (Lipinski definition) is 1. The van der Waals surface area contributed by atoms with Gasteiger partial charge in [0.05, 0.1) is 18.7 Å². The van der Waals surface area contributed by atoms with Gasteiger partial charge in [-0.15, -0.1) is 0 Å². The maximum atomic E-state index is 11.0. The SMILES string of the molecule is CCCCCCN(Cc1ccco1)CC(C)C(=O)O. The summed E-state index contributed by atoms with van der Waals surface area (Å²) in [6.45, 7) is 6.13. The summed E-state index contributed by atoms with van der Waals surface area (Å²) in [5.74, 6) is -0.188. The summed E-state index contributed by atoms with van der Waals surface area (Å²) in [5.41, 5.74) is 0. The second kappa shape index (κ2) is 8.75. The predicted octanol–water partition coefficient (Wildman–Crippen LogP) is 3.38. The highest BCUT2D eigenvalue weighted by molar-refractivity contribution is 5.69. The summed E-state index contributed by atoms with van der Waals surface area (Å²) in [6, 6.07) is 3.80. The van der Waals surface area contributed by atoms with E-state index in [1.807, 2.05) is 12.1 Å². The molecule has 0 aliphatic carbocycles. The van der Waals surface area contributed by atoms with Crippen LogP contribution in [-0.4, -0.2) is 29.1 Å². The first kappa shape index (κ1) is 15.8. The fourth-order valence-corrected chi connectivity index (χ4v) is 2.09. The minimum atomic E-state index is -0.738. The van der Waals surface area contributed by atoms with Crippen molar-refractivity contribution in [3.63, 3.8) is 0 Å². The van der Waals surface area contributed by atoms with E-state index in [1.165, 1.54) is 19.3 Å². The highest BCUT2D eigenvalue weighted by Gasteiger charge is 2.16. The van der Waals surface area contributed by atoms with Crippen LogP contribution in [0.5, 0.6) is 0 Å². The number of nitrogens with zero attached hydrogens (tertiary/aromatic N) is 1. The van der Waals surface area contributed by atoms with Crippen LogP contribution >= 0.6 is 0 Å². The van der Waals surface area contributed by atoms with E-state index in [0.29, 0.717) is 13.1 Å². The minimum absolute atomic E-state index is 0.346. The summed E-state index contributed by atoms with van der Waals surface area (Å²) in [6.07, 6.45) is 6.42. The Morgan fingerprint density at radius 2 is 2.21 bits per heavy atom. The van der Waals surface area contributed by atoms with Crippen LogP contribution in [0, 0.1) is 5.92 Å². The number of rotatable bonds is 10. The van der Waals surface area contributed by atoms with E-state index < -0.39 is 5.97 Å². The van der Waals surface area contributed by atoms with E-state index in [1.54, 1.807) is 13.2 Å². The molecule has 1 aromatic rings. The van der Waals surface area contributed by atoms with Crippen LogP contribution < -0.4 is 0 Å². The molecule has 19 heavy (non-hydrogen) atoms. The molecule has 1 aromatic heterocycles. The first-order valence-corrected chi connectivity index (χ1v) is 7.11. The quantitative estimate of drug-likeness (QED) is 0.660. The standard InChI is InChI=1S/C15H25NO3/c1-3-4-5-6-9-16(11-13(2)15(17)18)12-14-8-7-10-19-14/h7-8,10,13H,3-6,9,11-12H2,1-2H3,(H,17,18). The van der Waals surface area contributed by atoms with Gasteiger partial charge in [0.2, 0.25) is 0 Å². The minimum Gasteiger partial charge on any atom is -0.481 e. The molecule has 4 nitrogen and oxygen atoms in total. The van der Waals surface area contributed by atoms with E-state index in [-0.39, 0.29) is 5.92 Å². The summed E-state index contributed by atoms with van der Waals surface area (Å²) in [4.78, 5) is 13.1. The smallest absolute Gasteiger partial charge is 0.307 e.